The Morgan fingerprint density at radius 3 is 2.76 bits per heavy atom. The number of aromatic nitrogens is 1. The van der Waals surface area contributed by atoms with Crippen LogP contribution in [0.15, 0.2) is 5.38 Å². The fourth-order valence-corrected chi connectivity index (χ4v) is 1.84. The number of nitrogens with one attached hydrogen (secondary N) is 1. The van der Waals surface area contributed by atoms with Crippen molar-refractivity contribution >= 4 is 41.4 Å². The average Bonchev–Trinajstić information content (AvgIpc) is 2.74. The zero-order chi connectivity index (χ0) is 12.2. The molecule has 4 nitrogen and oxygen atoms in total. The maximum atomic E-state index is 11.7. The number of thioether (sulfide) groups is 1. The number of hydrogen-bond acceptors (Lipinski definition) is 5. The maximum absolute atomic E-state index is 11.7. The van der Waals surface area contributed by atoms with Gasteiger partial charge in [-0.1, -0.05) is 0 Å². The molecule has 98 valence electrons. The Labute approximate surface area is 116 Å². The minimum atomic E-state index is -0.127. The summed E-state index contributed by atoms with van der Waals surface area (Å²) in [7, 11) is 0. The molecule has 0 saturated carbocycles. The van der Waals surface area contributed by atoms with Crippen molar-refractivity contribution in [2.24, 2.45) is 5.73 Å². The highest BCUT2D eigenvalue weighted by molar-refractivity contribution is 7.99. The molecule has 1 aromatic rings. The van der Waals surface area contributed by atoms with Gasteiger partial charge in [-0.3, -0.25) is 4.79 Å². The number of halogens is 1. The van der Waals surface area contributed by atoms with Crippen molar-refractivity contribution in [3.05, 3.63) is 16.1 Å². The fraction of sp³-hybridized carbons (Fsp3) is 0.600. The molecule has 1 aromatic heterocycles. The summed E-state index contributed by atoms with van der Waals surface area (Å²) in [6, 6.07) is 0. The number of rotatable bonds is 5. The van der Waals surface area contributed by atoms with E-state index < -0.39 is 0 Å². The van der Waals surface area contributed by atoms with Crippen molar-refractivity contribution in [2.75, 3.05) is 12.8 Å². The molecule has 0 fully saturated rings. The highest BCUT2D eigenvalue weighted by atomic mass is 35.5. The molecule has 1 amide bonds. The minimum Gasteiger partial charge on any atom is -0.349 e. The summed E-state index contributed by atoms with van der Waals surface area (Å²) in [4.78, 5) is 15.8. The van der Waals surface area contributed by atoms with E-state index in [9.17, 15) is 4.79 Å². The molecule has 0 spiro atoms. The van der Waals surface area contributed by atoms with Crippen LogP contribution in [0.4, 0.5) is 0 Å². The summed E-state index contributed by atoms with van der Waals surface area (Å²) in [6.07, 6.45) is 2.03. The molecule has 0 aliphatic carbocycles. The van der Waals surface area contributed by atoms with E-state index in [4.69, 9.17) is 5.73 Å². The molecule has 0 radical (unpaired) electrons. The first-order chi connectivity index (χ1) is 7.48. The van der Waals surface area contributed by atoms with Crippen LogP contribution in [0.25, 0.3) is 0 Å². The largest absolute Gasteiger partial charge is 0.349 e. The lowest BCUT2D eigenvalue weighted by Crippen LogP contribution is -2.36. The molecule has 17 heavy (non-hydrogen) atoms. The van der Waals surface area contributed by atoms with Crippen LogP contribution in [-0.4, -0.2) is 28.4 Å². The van der Waals surface area contributed by atoms with Gasteiger partial charge in [0, 0.05) is 23.2 Å². The van der Waals surface area contributed by atoms with Crippen LogP contribution in [0.3, 0.4) is 0 Å². The fourth-order valence-electron chi connectivity index (χ4n) is 0.965. The lowest BCUT2D eigenvalue weighted by atomic mass is 10.2. The van der Waals surface area contributed by atoms with Crippen LogP contribution in [0, 0.1) is 0 Å². The molecule has 0 unspecified atom stereocenters. The van der Waals surface area contributed by atoms with E-state index in [1.807, 2.05) is 6.26 Å². The van der Waals surface area contributed by atoms with Gasteiger partial charge in [0.2, 0.25) is 0 Å². The number of hydrogen-bond donors (Lipinski definition) is 2. The number of carbonyl (C=O) groups is 1. The van der Waals surface area contributed by atoms with Gasteiger partial charge in [0.15, 0.2) is 0 Å². The second-order valence-corrected chi connectivity index (χ2v) is 6.43. The first-order valence-electron chi connectivity index (χ1n) is 4.96. The third-order valence-electron chi connectivity index (χ3n) is 2.19. The normalized spacial score (nSPS) is 10.8. The van der Waals surface area contributed by atoms with Gasteiger partial charge in [-0.15, -0.1) is 23.7 Å². The SMILES string of the molecule is CSC(C)(C)CNC(=O)c1csc(CN)n1.Cl. The Hall–Kier alpha value is -0.300. The molecule has 1 heterocycles. The van der Waals surface area contributed by atoms with Crippen molar-refractivity contribution in [3.63, 3.8) is 0 Å². The maximum Gasteiger partial charge on any atom is 0.270 e. The number of nitrogens with zero attached hydrogens (tertiary/aromatic N) is 1. The van der Waals surface area contributed by atoms with Gasteiger partial charge >= 0.3 is 0 Å². The molecule has 0 bridgehead atoms. The van der Waals surface area contributed by atoms with Crippen LogP contribution >= 0.6 is 35.5 Å². The van der Waals surface area contributed by atoms with Crippen LogP contribution in [0.1, 0.15) is 29.3 Å². The predicted molar refractivity (Wildman–Crippen MR) is 77.2 cm³/mol. The summed E-state index contributed by atoms with van der Waals surface area (Å²) in [6.45, 7) is 5.19. The molecule has 1 rings (SSSR count). The van der Waals surface area contributed by atoms with E-state index in [0.29, 0.717) is 18.8 Å². The molecule has 0 atom stereocenters. The summed E-state index contributed by atoms with van der Waals surface area (Å²) in [5.74, 6) is -0.127. The van der Waals surface area contributed by atoms with E-state index >= 15 is 0 Å². The summed E-state index contributed by atoms with van der Waals surface area (Å²) in [5.41, 5.74) is 5.90. The Morgan fingerprint density at radius 2 is 2.29 bits per heavy atom. The zero-order valence-corrected chi connectivity index (χ0v) is 12.6. The topological polar surface area (TPSA) is 68.0 Å². The van der Waals surface area contributed by atoms with Gasteiger partial charge in [-0.05, 0) is 20.1 Å². The number of thiazole rings is 1. The second kappa shape index (κ2) is 7.20. The lowest BCUT2D eigenvalue weighted by molar-refractivity contribution is 0.0946. The third kappa shape index (κ3) is 5.25. The molecule has 0 aliphatic rings. The zero-order valence-electron chi connectivity index (χ0n) is 10.1. The highest BCUT2D eigenvalue weighted by Crippen LogP contribution is 2.19. The first kappa shape index (κ1) is 16.7. The van der Waals surface area contributed by atoms with Gasteiger partial charge in [0.05, 0.1) is 0 Å². The Morgan fingerprint density at radius 1 is 1.65 bits per heavy atom. The van der Waals surface area contributed by atoms with Crippen LogP contribution in [0.5, 0.6) is 0 Å². The quantitative estimate of drug-likeness (QED) is 0.870. The van der Waals surface area contributed by atoms with E-state index in [0.717, 1.165) is 5.01 Å². The average molecular weight is 296 g/mol. The molecule has 3 N–H and O–H groups in total. The third-order valence-corrected chi connectivity index (χ3v) is 4.31. The summed E-state index contributed by atoms with van der Waals surface area (Å²) in [5, 5.41) is 5.40. The van der Waals surface area contributed by atoms with Crippen molar-refractivity contribution in [1.29, 1.82) is 0 Å². The number of amides is 1. The smallest absolute Gasteiger partial charge is 0.270 e. The highest BCUT2D eigenvalue weighted by Gasteiger charge is 2.18. The Kier molecular flexibility index (Phi) is 7.08. The summed E-state index contributed by atoms with van der Waals surface area (Å²) < 4.78 is 0.0440. The van der Waals surface area contributed by atoms with Gasteiger partial charge in [-0.2, -0.15) is 11.8 Å². The van der Waals surface area contributed by atoms with Crippen molar-refractivity contribution in [1.82, 2.24) is 10.3 Å². The van der Waals surface area contributed by atoms with E-state index in [1.165, 1.54) is 11.3 Å². The second-order valence-electron chi connectivity index (χ2n) is 3.98. The van der Waals surface area contributed by atoms with Crippen LogP contribution in [0.2, 0.25) is 0 Å². The molecular weight excluding hydrogens is 278 g/mol. The molecule has 0 aromatic carbocycles. The van der Waals surface area contributed by atoms with Gasteiger partial charge in [0.1, 0.15) is 10.7 Å². The van der Waals surface area contributed by atoms with Crippen LogP contribution in [-0.2, 0) is 6.54 Å². The van der Waals surface area contributed by atoms with E-state index in [2.05, 4.69) is 24.1 Å². The molecule has 7 heteroatoms. The minimum absolute atomic E-state index is 0. The lowest BCUT2D eigenvalue weighted by Gasteiger charge is -2.21. The van der Waals surface area contributed by atoms with E-state index in [1.54, 1.807) is 17.1 Å². The van der Waals surface area contributed by atoms with Crippen molar-refractivity contribution in [2.45, 2.75) is 25.1 Å². The van der Waals surface area contributed by atoms with Crippen molar-refractivity contribution in [3.8, 4) is 0 Å². The molecule has 0 aliphatic heterocycles. The molecule has 0 saturated heterocycles. The van der Waals surface area contributed by atoms with Gasteiger partial charge < -0.3 is 11.1 Å². The monoisotopic (exact) mass is 295 g/mol. The van der Waals surface area contributed by atoms with Gasteiger partial charge in [-0.25, -0.2) is 4.98 Å². The Balaban J connectivity index is 0.00000256. The van der Waals surface area contributed by atoms with Gasteiger partial charge in [0.25, 0.3) is 5.91 Å². The number of nitrogens with two attached hydrogens (primary N) is 1. The first-order valence-corrected chi connectivity index (χ1v) is 7.07. The summed E-state index contributed by atoms with van der Waals surface area (Å²) >= 11 is 3.14. The van der Waals surface area contributed by atoms with E-state index in [-0.39, 0.29) is 23.1 Å². The predicted octanol–water partition coefficient (Wildman–Crippen LogP) is 1.90. The standard InChI is InChI=1S/C10H17N3OS2.ClH/c1-10(2,15-3)6-12-9(14)7-5-16-8(4-11)13-7;/h5H,4,6,11H2,1-3H3,(H,12,14);1H. The van der Waals surface area contributed by atoms with Crippen LogP contribution < -0.4 is 11.1 Å². The van der Waals surface area contributed by atoms with Crippen molar-refractivity contribution < 1.29 is 4.79 Å². The molecular formula is C10H18ClN3OS2. The number of carbonyl (C=O) groups excluding carboxylic acids is 1. The Bertz CT molecular complexity index is 368.